The monoisotopic (exact) mass is 411 g/mol. The highest BCUT2D eigenvalue weighted by Gasteiger charge is 2.46. The minimum absolute atomic E-state index is 0.00780. The van der Waals surface area contributed by atoms with Crippen molar-refractivity contribution in [3.8, 4) is 0 Å². The molecule has 2 aromatic rings. The standard InChI is InChI=1S/C22H29N5O3/c1-22(2,3)30-21(29)25-10-8-17(28)27-13-9-15-18(20-23-11-12-24-20)26-16-7-5-4-6-14(16)19(15)27/h4-7,11-12,15,18-19,26H,8-10,13H2,1-3H3,(H,23,24)(H,25,29)/t15-,18-,19+/m0/s1. The molecule has 2 aliphatic rings. The number of aromatic nitrogens is 2. The number of rotatable bonds is 4. The van der Waals surface area contributed by atoms with Crippen LogP contribution >= 0.6 is 0 Å². The first-order chi connectivity index (χ1) is 14.3. The van der Waals surface area contributed by atoms with E-state index in [1.165, 1.54) is 0 Å². The van der Waals surface area contributed by atoms with Gasteiger partial charge in [-0.05, 0) is 38.8 Å². The van der Waals surface area contributed by atoms with Crippen molar-refractivity contribution in [2.75, 3.05) is 18.4 Å². The molecule has 1 aromatic carbocycles. The van der Waals surface area contributed by atoms with Crippen molar-refractivity contribution >= 4 is 17.7 Å². The van der Waals surface area contributed by atoms with Crippen LogP contribution in [0.5, 0.6) is 0 Å². The van der Waals surface area contributed by atoms with Gasteiger partial charge in [0.2, 0.25) is 5.91 Å². The molecule has 4 rings (SSSR count). The van der Waals surface area contributed by atoms with E-state index in [4.69, 9.17) is 4.74 Å². The maximum absolute atomic E-state index is 13.1. The molecule has 2 amide bonds. The highest BCUT2D eigenvalue weighted by atomic mass is 16.6. The molecule has 30 heavy (non-hydrogen) atoms. The lowest BCUT2D eigenvalue weighted by Crippen LogP contribution is -2.39. The third-order valence-electron chi connectivity index (χ3n) is 5.60. The van der Waals surface area contributed by atoms with Crippen LogP contribution in [0.15, 0.2) is 36.7 Å². The number of carbonyl (C=O) groups is 2. The molecule has 0 unspecified atom stereocenters. The van der Waals surface area contributed by atoms with Crippen LogP contribution in [0.1, 0.15) is 57.1 Å². The number of amides is 2. The summed E-state index contributed by atoms with van der Waals surface area (Å²) < 4.78 is 5.24. The molecule has 1 aromatic heterocycles. The Bertz CT molecular complexity index is 906. The molecule has 8 heteroatoms. The number of carbonyl (C=O) groups excluding carboxylic acids is 2. The summed E-state index contributed by atoms with van der Waals surface area (Å²) in [6.07, 6.45) is 4.21. The summed E-state index contributed by atoms with van der Waals surface area (Å²) >= 11 is 0. The Hall–Kier alpha value is -3.03. The molecular weight excluding hydrogens is 382 g/mol. The molecule has 3 N–H and O–H groups in total. The van der Waals surface area contributed by atoms with Crippen LogP contribution < -0.4 is 10.6 Å². The summed E-state index contributed by atoms with van der Waals surface area (Å²) in [5.41, 5.74) is 1.61. The van der Waals surface area contributed by atoms with E-state index in [0.717, 1.165) is 23.5 Å². The van der Waals surface area contributed by atoms with Gasteiger partial charge < -0.3 is 25.3 Å². The van der Waals surface area contributed by atoms with Gasteiger partial charge in [0, 0.05) is 43.5 Å². The average molecular weight is 412 g/mol. The number of hydrogen-bond acceptors (Lipinski definition) is 5. The summed E-state index contributed by atoms with van der Waals surface area (Å²) in [5.74, 6) is 1.16. The number of H-pyrrole nitrogens is 1. The summed E-state index contributed by atoms with van der Waals surface area (Å²) in [6.45, 7) is 6.38. The van der Waals surface area contributed by atoms with Crippen LogP contribution in [-0.2, 0) is 9.53 Å². The van der Waals surface area contributed by atoms with Gasteiger partial charge >= 0.3 is 6.09 Å². The van der Waals surface area contributed by atoms with Crippen LogP contribution in [0, 0.1) is 5.92 Å². The number of hydrogen-bond donors (Lipinski definition) is 3. The second kappa shape index (κ2) is 8.01. The van der Waals surface area contributed by atoms with E-state index in [1.54, 1.807) is 6.20 Å². The molecule has 160 valence electrons. The van der Waals surface area contributed by atoms with Crippen molar-refractivity contribution in [1.29, 1.82) is 0 Å². The highest BCUT2D eigenvalue weighted by molar-refractivity contribution is 5.79. The smallest absolute Gasteiger partial charge is 0.407 e. The van der Waals surface area contributed by atoms with Gasteiger partial charge in [-0.25, -0.2) is 9.78 Å². The van der Waals surface area contributed by atoms with E-state index >= 15 is 0 Å². The van der Waals surface area contributed by atoms with Crippen LogP contribution in [0.4, 0.5) is 10.5 Å². The van der Waals surface area contributed by atoms with Crippen molar-refractivity contribution in [1.82, 2.24) is 20.2 Å². The number of para-hydroxylation sites is 1. The second-order valence-corrected chi connectivity index (χ2v) is 8.85. The number of nitrogens with one attached hydrogen (secondary N) is 3. The Labute approximate surface area is 176 Å². The van der Waals surface area contributed by atoms with Crippen LogP contribution in [0.25, 0.3) is 0 Å². The Morgan fingerprint density at radius 2 is 2.10 bits per heavy atom. The summed E-state index contributed by atoms with van der Waals surface area (Å²) in [6, 6.07) is 8.16. The predicted molar refractivity (Wildman–Crippen MR) is 113 cm³/mol. The fourth-order valence-electron chi connectivity index (χ4n) is 4.45. The van der Waals surface area contributed by atoms with E-state index in [-0.39, 0.29) is 36.9 Å². The third-order valence-corrected chi connectivity index (χ3v) is 5.60. The molecule has 1 fully saturated rings. The zero-order valence-electron chi connectivity index (χ0n) is 17.6. The van der Waals surface area contributed by atoms with Crippen molar-refractivity contribution < 1.29 is 14.3 Å². The Morgan fingerprint density at radius 3 is 2.83 bits per heavy atom. The molecule has 0 spiro atoms. The first-order valence-electron chi connectivity index (χ1n) is 10.4. The van der Waals surface area contributed by atoms with E-state index in [2.05, 4.69) is 26.7 Å². The van der Waals surface area contributed by atoms with Gasteiger partial charge in [-0.15, -0.1) is 0 Å². The normalized spacial score (nSPS) is 22.6. The number of anilines is 1. The van der Waals surface area contributed by atoms with Crippen LogP contribution in [0.2, 0.25) is 0 Å². The number of fused-ring (bicyclic) bond motifs is 3. The number of ether oxygens (including phenoxy) is 1. The van der Waals surface area contributed by atoms with Gasteiger partial charge in [0.1, 0.15) is 11.4 Å². The molecule has 0 saturated carbocycles. The number of imidazole rings is 1. The topological polar surface area (TPSA) is 99.3 Å². The number of alkyl carbamates (subject to hydrolysis) is 1. The molecule has 1 saturated heterocycles. The van der Waals surface area contributed by atoms with Gasteiger partial charge in [0.15, 0.2) is 0 Å². The fraction of sp³-hybridized carbons (Fsp3) is 0.500. The lowest BCUT2D eigenvalue weighted by atomic mass is 9.82. The van der Waals surface area contributed by atoms with E-state index in [1.807, 2.05) is 50.1 Å². The van der Waals surface area contributed by atoms with E-state index < -0.39 is 11.7 Å². The lowest BCUT2D eigenvalue weighted by molar-refractivity contribution is -0.132. The van der Waals surface area contributed by atoms with Crippen LogP contribution in [-0.4, -0.2) is 45.6 Å². The lowest BCUT2D eigenvalue weighted by Gasteiger charge is -2.39. The quantitative estimate of drug-likeness (QED) is 0.716. The number of likely N-dealkylation sites (tertiary alicyclic amines) is 1. The molecular formula is C22H29N5O3. The van der Waals surface area contributed by atoms with E-state index in [9.17, 15) is 9.59 Å². The third kappa shape index (κ3) is 4.13. The van der Waals surface area contributed by atoms with Crippen LogP contribution in [0.3, 0.4) is 0 Å². The van der Waals surface area contributed by atoms with Crippen molar-refractivity contribution in [3.05, 3.63) is 48.0 Å². The largest absolute Gasteiger partial charge is 0.444 e. The van der Waals surface area contributed by atoms with Gasteiger partial charge in [-0.2, -0.15) is 0 Å². The van der Waals surface area contributed by atoms with E-state index in [0.29, 0.717) is 6.54 Å². The van der Waals surface area contributed by atoms with Crippen molar-refractivity contribution in [3.63, 3.8) is 0 Å². The molecule has 0 bridgehead atoms. The first kappa shape index (κ1) is 20.3. The first-order valence-corrected chi connectivity index (χ1v) is 10.4. The summed E-state index contributed by atoms with van der Waals surface area (Å²) in [7, 11) is 0. The second-order valence-electron chi connectivity index (χ2n) is 8.85. The maximum atomic E-state index is 13.1. The maximum Gasteiger partial charge on any atom is 0.407 e. The summed E-state index contributed by atoms with van der Waals surface area (Å²) in [4.78, 5) is 34.5. The fourth-order valence-corrected chi connectivity index (χ4v) is 4.45. The zero-order valence-corrected chi connectivity index (χ0v) is 17.6. The summed E-state index contributed by atoms with van der Waals surface area (Å²) in [5, 5.41) is 6.28. The van der Waals surface area contributed by atoms with Gasteiger partial charge in [0.25, 0.3) is 0 Å². The van der Waals surface area contributed by atoms with Gasteiger partial charge in [-0.1, -0.05) is 18.2 Å². The Balaban J connectivity index is 1.47. The SMILES string of the molecule is CC(C)(C)OC(=O)NCCC(=O)N1CC[C@H]2[C@@H](c3ncc[nH]3)Nc3ccccc3[C@H]21. The Morgan fingerprint density at radius 1 is 1.30 bits per heavy atom. The molecule has 3 heterocycles. The van der Waals surface area contributed by atoms with Gasteiger partial charge in [0.05, 0.1) is 12.1 Å². The zero-order chi connectivity index (χ0) is 21.3. The number of aromatic amines is 1. The number of nitrogens with zero attached hydrogens (tertiary/aromatic N) is 2. The van der Waals surface area contributed by atoms with Gasteiger partial charge in [-0.3, -0.25) is 4.79 Å². The highest BCUT2D eigenvalue weighted by Crippen LogP contribution is 2.50. The molecule has 0 radical (unpaired) electrons. The molecule has 8 nitrogen and oxygen atoms in total. The molecule has 2 aliphatic heterocycles. The predicted octanol–water partition coefficient (Wildman–Crippen LogP) is 3.38. The Kier molecular flexibility index (Phi) is 5.40. The minimum atomic E-state index is -0.560. The average Bonchev–Trinajstić information content (AvgIpc) is 3.36. The van der Waals surface area contributed by atoms with Crippen molar-refractivity contribution in [2.24, 2.45) is 5.92 Å². The molecule has 3 atom stereocenters. The minimum Gasteiger partial charge on any atom is -0.444 e. The number of benzene rings is 1. The molecule has 0 aliphatic carbocycles. The van der Waals surface area contributed by atoms with Crippen molar-refractivity contribution in [2.45, 2.75) is 51.3 Å².